The molecule has 1 unspecified atom stereocenters. The Bertz CT molecular complexity index is 1190. The van der Waals surface area contributed by atoms with E-state index in [1.807, 2.05) is 44.2 Å². The van der Waals surface area contributed by atoms with Gasteiger partial charge in [0.2, 0.25) is 11.8 Å². The minimum absolute atomic E-state index is 0.108. The van der Waals surface area contributed by atoms with E-state index in [-0.39, 0.29) is 23.9 Å². The van der Waals surface area contributed by atoms with E-state index in [0.29, 0.717) is 29.9 Å². The molecule has 1 atom stereocenters. The number of aryl methyl sites for hydroxylation is 1. The molecule has 2 amide bonds. The second-order valence-electron chi connectivity index (χ2n) is 7.68. The van der Waals surface area contributed by atoms with Crippen molar-refractivity contribution in [2.45, 2.75) is 26.3 Å². The third-order valence-electron chi connectivity index (χ3n) is 5.68. The van der Waals surface area contributed by atoms with Crippen LogP contribution in [0.25, 0.3) is 5.69 Å². The number of para-hydroxylation sites is 2. The molecule has 2 heterocycles. The third-order valence-corrected chi connectivity index (χ3v) is 5.68. The number of nitrogens with one attached hydrogen (secondary N) is 1. The molecule has 0 bridgehead atoms. The maximum atomic E-state index is 13.3. The second-order valence-corrected chi connectivity index (χ2v) is 7.68. The largest absolute Gasteiger partial charge is 0.352 e. The second kappa shape index (κ2) is 8.62. The zero-order valence-electron chi connectivity index (χ0n) is 17.8. The Kier molecular flexibility index (Phi) is 5.72. The van der Waals surface area contributed by atoms with E-state index in [4.69, 9.17) is 0 Å². The van der Waals surface area contributed by atoms with Crippen LogP contribution in [-0.2, 0) is 16.0 Å². The number of hydrogen-bond donors (Lipinski definition) is 1. The van der Waals surface area contributed by atoms with E-state index in [9.17, 15) is 19.7 Å². The molecule has 32 heavy (non-hydrogen) atoms. The van der Waals surface area contributed by atoms with Crippen LogP contribution in [0, 0.1) is 24.0 Å². The molecule has 164 valence electrons. The highest BCUT2D eigenvalue weighted by molar-refractivity contribution is 5.91. The van der Waals surface area contributed by atoms with Crippen molar-refractivity contribution in [1.29, 1.82) is 0 Å². The van der Waals surface area contributed by atoms with E-state index >= 15 is 0 Å². The van der Waals surface area contributed by atoms with Crippen LogP contribution >= 0.6 is 0 Å². The molecule has 1 saturated heterocycles. The Morgan fingerprint density at radius 1 is 1.16 bits per heavy atom. The number of carbonyl (C=O) groups is 2. The number of hydrogen-bond acceptors (Lipinski definition) is 5. The maximum absolute atomic E-state index is 13.3. The summed E-state index contributed by atoms with van der Waals surface area (Å²) in [6.45, 7) is 4.32. The van der Waals surface area contributed by atoms with E-state index in [2.05, 4.69) is 10.4 Å². The Hall–Kier alpha value is -4.01. The summed E-state index contributed by atoms with van der Waals surface area (Å²) < 4.78 is 1.76. The lowest BCUT2D eigenvalue weighted by atomic mass is 9.99. The number of piperazine rings is 1. The normalized spacial score (nSPS) is 16.0. The predicted molar refractivity (Wildman–Crippen MR) is 117 cm³/mol. The van der Waals surface area contributed by atoms with Gasteiger partial charge in [0.15, 0.2) is 0 Å². The molecule has 9 nitrogen and oxygen atoms in total. The Balaban J connectivity index is 1.70. The molecule has 4 rings (SSSR count). The summed E-state index contributed by atoms with van der Waals surface area (Å²) >= 11 is 0. The van der Waals surface area contributed by atoms with Crippen molar-refractivity contribution in [3.63, 3.8) is 0 Å². The van der Waals surface area contributed by atoms with Crippen molar-refractivity contribution in [2.75, 3.05) is 13.1 Å². The summed E-state index contributed by atoms with van der Waals surface area (Å²) in [6.07, 6.45) is -0.161. The van der Waals surface area contributed by atoms with Crippen LogP contribution in [0.3, 0.4) is 0 Å². The molecular formula is C23H23N5O4. The van der Waals surface area contributed by atoms with Crippen molar-refractivity contribution < 1.29 is 14.5 Å². The first kappa shape index (κ1) is 21.2. The Morgan fingerprint density at radius 2 is 1.84 bits per heavy atom. The monoisotopic (exact) mass is 433 g/mol. The standard InChI is InChI=1S/C23H23N5O4/c1-15-21(16(2)27(25-15)18-9-4-3-5-10-18)22-23(30)24-12-13-26(22)20(29)14-17-8-6-7-11-19(17)28(31)32/h3-11,22H,12-14H2,1-2H3,(H,24,30). The number of nitrogens with zero attached hydrogens (tertiary/aromatic N) is 4. The fourth-order valence-corrected chi connectivity index (χ4v) is 4.20. The summed E-state index contributed by atoms with van der Waals surface area (Å²) in [7, 11) is 0. The maximum Gasteiger partial charge on any atom is 0.273 e. The van der Waals surface area contributed by atoms with Crippen LogP contribution in [0.15, 0.2) is 54.6 Å². The summed E-state index contributed by atoms with van der Waals surface area (Å²) in [6, 6.07) is 14.9. The molecule has 0 radical (unpaired) electrons. The first-order valence-electron chi connectivity index (χ1n) is 10.3. The van der Waals surface area contributed by atoms with Gasteiger partial charge in [-0.2, -0.15) is 5.10 Å². The fraction of sp³-hybridized carbons (Fsp3) is 0.261. The Labute approximate surface area is 184 Å². The van der Waals surface area contributed by atoms with E-state index in [0.717, 1.165) is 11.4 Å². The van der Waals surface area contributed by atoms with Crippen LogP contribution in [-0.4, -0.2) is 44.5 Å². The van der Waals surface area contributed by atoms with Crippen molar-refractivity contribution in [2.24, 2.45) is 0 Å². The van der Waals surface area contributed by atoms with Gasteiger partial charge in [0.25, 0.3) is 5.69 Å². The molecule has 0 aliphatic carbocycles. The molecular weight excluding hydrogens is 410 g/mol. The minimum atomic E-state index is -0.850. The van der Waals surface area contributed by atoms with Gasteiger partial charge in [-0.25, -0.2) is 4.68 Å². The van der Waals surface area contributed by atoms with Gasteiger partial charge < -0.3 is 10.2 Å². The fourth-order valence-electron chi connectivity index (χ4n) is 4.20. The molecule has 2 aromatic carbocycles. The smallest absolute Gasteiger partial charge is 0.273 e. The average Bonchev–Trinajstić information content (AvgIpc) is 3.08. The summed E-state index contributed by atoms with van der Waals surface area (Å²) in [5.74, 6) is -0.628. The molecule has 1 aromatic heterocycles. The summed E-state index contributed by atoms with van der Waals surface area (Å²) in [5.41, 5.74) is 3.15. The summed E-state index contributed by atoms with van der Waals surface area (Å²) in [4.78, 5) is 38.6. The third kappa shape index (κ3) is 3.84. The first-order chi connectivity index (χ1) is 15.4. The van der Waals surface area contributed by atoms with E-state index in [1.165, 1.54) is 11.0 Å². The van der Waals surface area contributed by atoms with Crippen molar-refractivity contribution >= 4 is 17.5 Å². The molecule has 0 spiro atoms. The van der Waals surface area contributed by atoms with E-state index in [1.54, 1.807) is 22.9 Å². The molecule has 1 N–H and O–H groups in total. The predicted octanol–water partition coefficient (Wildman–Crippen LogP) is 2.64. The highest BCUT2D eigenvalue weighted by atomic mass is 16.6. The molecule has 1 fully saturated rings. The number of amides is 2. The lowest BCUT2D eigenvalue weighted by Crippen LogP contribution is -2.52. The van der Waals surface area contributed by atoms with Crippen LogP contribution in [0.4, 0.5) is 5.69 Å². The van der Waals surface area contributed by atoms with Gasteiger partial charge in [0.1, 0.15) is 6.04 Å². The zero-order chi connectivity index (χ0) is 22.8. The number of nitro groups is 1. The van der Waals surface area contributed by atoms with Gasteiger partial charge in [0, 0.05) is 36.0 Å². The molecule has 9 heteroatoms. The van der Waals surface area contributed by atoms with Crippen LogP contribution in [0.5, 0.6) is 0 Å². The molecule has 0 saturated carbocycles. The SMILES string of the molecule is Cc1nn(-c2ccccc2)c(C)c1C1C(=O)NCCN1C(=O)Cc1ccccc1[N+](=O)[O-]. The highest BCUT2D eigenvalue weighted by Gasteiger charge is 2.38. The van der Waals surface area contributed by atoms with Crippen molar-refractivity contribution in [1.82, 2.24) is 20.0 Å². The van der Waals surface area contributed by atoms with Crippen LogP contribution < -0.4 is 5.32 Å². The molecule has 1 aliphatic rings. The van der Waals surface area contributed by atoms with Crippen LogP contribution in [0.1, 0.15) is 28.6 Å². The highest BCUT2D eigenvalue weighted by Crippen LogP contribution is 2.31. The number of rotatable bonds is 5. The number of aromatic nitrogens is 2. The van der Waals surface area contributed by atoms with Crippen LogP contribution in [0.2, 0.25) is 0 Å². The number of benzene rings is 2. The van der Waals surface area contributed by atoms with Gasteiger partial charge in [-0.1, -0.05) is 36.4 Å². The van der Waals surface area contributed by atoms with Crippen molar-refractivity contribution in [3.8, 4) is 5.69 Å². The average molecular weight is 433 g/mol. The van der Waals surface area contributed by atoms with Gasteiger partial charge in [-0.05, 0) is 26.0 Å². The van der Waals surface area contributed by atoms with E-state index < -0.39 is 11.0 Å². The number of carbonyl (C=O) groups excluding carboxylic acids is 2. The lowest BCUT2D eigenvalue weighted by Gasteiger charge is -2.35. The van der Waals surface area contributed by atoms with Gasteiger partial charge >= 0.3 is 0 Å². The zero-order valence-corrected chi connectivity index (χ0v) is 17.8. The first-order valence-corrected chi connectivity index (χ1v) is 10.3. The Morgan fingerprint density at radius 3 is 2.56 bits per heavy atom. The molecule has 1 aliphatic heterocycles. The lowest BCUT2D eigenvalue weighted by molar-refractivity contribution is -0.385. The molecule has 3 aromatic rings. The summed E-state index contributed by atoms with van der Waals surface area (Å²) in [5, 5.41) is 18.8. The minimum Gasteiger partial charge on any atom is -0.352 e. The van der Waals surface area contributed by atoms with Crippen molar-refractivity contribution in [3.05, 3.63) is 87.2 Å². The van der Waals surface area contributed by atoms with Gasteiger partial charge in [-0.15, -0.1) is 0 Å². The topological polar surface area (TPSA) is 110 Å². The quantitative estimate of drug-likeness (QED) is 0.491. The van der Waals surface area contributed by atoms with Gasteiger partial charge in [-0.3, -0.25) is 19.7 Å². The number of nitro benzene ring substituents is 1. The van der Waals surface area contributed by atoms with Gasteiger partial charge in [0.05, 0.1) is 22.7 Å².